The van der Waals surface area contributed by atoms with Gasteiger partial charge in [0, 0.05) is 179 Å². The van der Waals surface area contributed by atoms with E-state index in [0.717, 1.165) is 306 Å². The van der Waals surface area contributed by atoms with E-state index in [2.05, 4.69) is 219 Å². The van der Waals surface area contributed by atoms with Crippen LogP contribution in [0.4, 0.5) is 29.0 Å². The zero-order valence-corrected chi connectivity index (χ0v) is 79.2. The molecule has 0 atom stereocenters. The fourth-order valence-electron chi connectivity index (χ4n) is 20.7. The van der Waals surface area contributed by atoms with Gasteiger partial charge in [0.1, 0.15) is 22.1 Å². The first-order valence-corrected chi connectivity index (χ1v) is 49.2. The second-order valence-corrected chi connectivity index (χ2v) is 37.4. The number of piperazine rings is 1. The molecular weight excluding hydrogens is 1770 g/mol. The Morgan fingerprint density at radius 3 is 0.971 bits per heavy atom. The van der Waals surface area contributed by atoms with E-state index in [1.165, 1.54) is 50.1 Å². The Kier molecular flexibility index (Phi) is 25.3. The van der Waals surface area contributed by atoms with Crippen LogP contribution in [0.5, 0.6) is 0 Å². The summed E-state index contributed by atoms with van der Waals surface area (Å²) in [5.41, 5.74) is 27.2. The van der Waals surface area contributed by atoms with Crippen molar-refractivity contribution in [1.29, 1.82) is 0 Å². The Labute approximate surface area is 808 Å². The first-order valence-electron chi connectivity index (χ1n) is 49.2. The zero-order chi connectivity index (χ0) is 93.5. The summed E-state index contributed by atoms with van der Waals surface area (Å²) in [6.45, 7) is 26.5. The van der Waals surface area contributed by atoms with Crippen LogP contribution in [0.2, 0.25) is 0 Å². The Bertz CT molecular complexity index is 7470. The lowest BCUT2D eigenvalue weighted by Gasteiger charge is -2.32. The average Bonchev–Trinajstić information content (AvgIpc) is 1.60. The quantitative estimate of drug-likeness (QED) is 0.0770. The summed E-state index contributed by atoms with van der Waals surface area (Å²) in [5, 5.41) is 3.73. The number of fused-ring (bicyclic) bond motifs is 16. The fraction of sp³-hybridized carbons (Fsp3) is 0.370. The van der Waals surface area contributed by atoms with Gasteiger partial charge >= 0.3 is 0 Å². The predicted molar refractivity (Wildman–Crippen MR) is 543 cm³/mol. The lowest BCUT2D eigenvalue weighted by atomic mass is 10.0. The molecule has 4 aromatic carbocycles. The van der Waals surface area contributed by atoms with Crippen molar-refractivity contribution >= 4 is 142 Å². The van der Waals surface area contributed by atoms with Crippen LogP contribution >= 0.6 is 0 Å². The number of nitrogens with zero attached hydrogens (tertiary/aromatic N) is 21. The molecule has 0 saturated carbocycles. The molecule has 11 aliphatic rings. The van der Waals surface area contributed by atoms with E-state index < -0.39 is 0 Å². The molecule has 16 aromatic rings. The number of hydrogen-bond acceptors (Lipinski definition) is 32. The second kappa shape index (κ2) is 39.7. The summed E-state index contributed by atoms with van der Waals surface area (Å²) in [4.78, 5) is 80.1. The van der Waals surface area contributed by atoms with Gasteiger partial charge < -0.3 is 80.2 Å². The molecule has 32 heteroatoms. The van der Waals surface area contributed by atoms with Gasteiger partial charge in [-0.3, -0.25) is 14.7 Å². The standard InChI is InChI=1S/C28H30N6O2.C27H27N5O3.C27H29N5O3.C26H25N5O3/c1-32-8-10-33(11-9-32)18-19-16-23-24-25(36-28(23)29-17-19)27(34-12-14-35-15-13-34)31-26(30-24)22-7-3-5-20-4-2-6-21(20)22;1-3-19-4-2-6-21(20(19)5-1)25-29-23-22-15-18(17-31-7-11-33-12-8-31)16-28-27(22)35-24(23)26(30-25)32-9-13-34-14-10-32;1-31(9-12-33-2)17-18-15-22-23-24(35-27(22)28-16-18)26(32-10-13-34-14-11-32)30-25(29-23)21-8-4-6-19-5-3-7-20(19)21;1-3-17-4-2-6-20(19(17)5-1)24-28-22-21-15-18(30-7-11-32-12-8-30)16-27-26(21)34-23(22)25(29-24)31-9-13-33-14-10-31/h2-3,5-7,16-17H,4,8-15,18H2,1H3;1-2,4-6,15-16H,3,7-14,17H2;3-4,6-8,15-16H,5,9-14,17H2,1-2H3;1-2,4-6,15-16H,3,7-14H2. The lowest BCUT2D eigenvalue weighted by molar-refractivity contribution is 0.0341. The number of benzene rings is 4. The van der Waals surface area contributed by atoms with Crippen LogP contribution in [0.1, 0.15) is 61.2 Å². The van der Waals surface area contributed by atoms with E-state index >= 15 is 0 Å². The minimum Gasteiger partial charge on any atom is -0.432 e. The van der Waals surface area contributed by atoms with E-state index in [4.69, 9.17) is 95.7 Å². The van der Waals surface area contributed by atoms with Gasteiger partial charge in [0.15, 0.2) is 68.9 Å². The van der Waals surface area contributed by atoms with Gasteiger partial charge in [-0.15, -0.1) is 0 Å². The predicted octanol–water partition coefficient (Wildman–Crippen LogP) is 14.9. The van der Waals surface area contributed by atoms with Crippen LogP contribution in [0.25, 0.3) is 159 Å². The smallest absolute Gasteiger partial charge is 0.229 e. The fourth-order valence-corrected chi connectivity index (χ4v) is 20.7. The van der Waals surface area contributed by atoms with Crippen LogP contribution in [0.3, 0.4) is 0 Å². The number of likely N-dealkylation sites (N-methyl/N-ethyl adjacent to an activating group) is 2. The molecule has 0 amide bonds. The number of anilines is 5. The molecule has 714 valence electrons. The van der Waals surface area contributed by atoms with Crippen molar-refractivity contribution in [3.05, 3.63) is 207 Å². The van der Waals surface area contributed by atoms with Crippen molar-refractivity contribution in [2.24, 2.45) is 0 Å². The van der Waals surface area contributed by atoms with Crippen LogP contribution in [-0.2, 0) is 78.5 Å². The Hall–Kier alpha value is -13.5. The Morgan fingerprint density at radius 1 is 0.329 bits per heavy atom. The van der Waals surface area contributed by atoms with Crippen LogP contribution in [0.15, 0.2) is 164 Å². The Morgan fingerprint density at radius 2 is 0.629 bits per heavy atom. The summed E-state index contributed by atoms with van der Waals surface area (Å²) in [6, 6.07) is 34.2. The number of furan rings is 4. The van der Waals surface area contributed by atoms with E-state index in [0.29, 0.717) is 110 Å². The molecule has 12 aromatic heterocycles. The minimum atomic E-state index is 0.586. The van der Waals surface area contributed by atoms with Gasteiger partial charge in [-0.1, -0.05) is 121 Å². The van der Waals surface area contributed by atoms with E-state index in [1.54, 1.807) is 7.11 Å². The monoisotopic (exact) mass is 1880 g/mol. The molecule has 0 spiro atoms. The highest BCUT2D eigenvalue weighted by molar-refractivity contribution is 6.10. The van der Waals surface area contributed by atoms with Crippen molar-refractivity contribution < 1.29 is 50.8 Å². The third-order valence-electron chi connectivity index (χ3n) is 28.3. The van der Waals surface area contributed by atoms with E-state index in [1.807, 2.05) is 24.8 Å². The summed E-state index contributed by atoms with van der Waals surface area (Å²) in [6.07, 6.45) is 28.9. The average molecular weight is 1880 g/mol. The van der Waals surface area contributed by atoms with Crippen molar-refractivity contribution in [3.8, 4) is 45.6 Å². The lowest BCUT2D eigenvalue weighted by Crippen LogP contribution is -2.43. The number of hydrogen-bond donors (Lipinski definition) is 0. The molecule has 0 bridgehead atoms. The van der Waals surface area contributed by atoms with Crippen LogP contribution < -0.4 is 24.5 Å². The molecule has 4 aliphatic carbocycles. The van der Waals surface area contributed by atoms with Crippen LogP contribution in [-0.4, -0.2) is 298 Å². The number of allylic oxidation sites excluding steroid dienone is 4. The van der Waals surface area contributed by atoms with Gasteiger partial charge in [-0.2, -0.15) is 0 Å². The molecule has 32 nitrogen and oxygen atoms in total. The maximum absolute atomic E-state index is 6.33. The van der Waals surface area contributed by atoms with Crippen molar-refractivity contribution in [3.63, 3.8) is 0 Å². The number of pyridine rings is 4. The number of ether oxygens (including phenoxy) is 7. The van der Waals surface area contributed by atoms with E-state index in [9.17, 15) is 0 Å². The molecular formula is C108H111N21O11. The molecule has 7 saturated heterocycles. The van der Waals surface area contributed by atoms with Crippen molar-refractivity contribution in [1.82, 2.24) is 79.4 Å². The molecule has 0 N–H and O–H groups in total. The summed E-state index contributed by atoms with van der Waals surface area (Å²) >= 11 is 0. The first kappa shape index (κ1) is 89.2. The maximum Gasteiger partial charge on any atom is 0.229 e. The molecule has 27 rings (SSSR count). The summed E-state index contributed by atoms with van der Waals surface area (Å²) in [7, 11) is 5.99. The summed E-state index contributed by atoms with van der Waals surface area (Å²) in [5.74, 6) is 6.17. The normalized spacial score (nSPS) is 17.8. The SMILES string of the molecule is C1=Cc2c(cccc2-c2nc(N3CCOCC3)c3oc4ncc(CN5CCOCC5)cc4c3n2)C1.C1=Cc2c(cccc2-c2nc(N3CCOCC3)c3oc4ncc(N5CCOCC5)cc4c3n2)C1.CN1CCN(Cc2cnc3oc4c(N5CCOCC5)nc(-c5cccc6c5C=CC6)nc4c3c2)CC1.COCCN(C)Cc1cnc2oc3c(N4CCOCC4)nc(-c4cccc5c4C=CC5)nc3c2c1. The third-order valence-corrected chi connectivity index (χ3v) is 28.3. The highest BCUT2D eigenvalue weighted by Gasteiger charge is 2.33. The van der Waals surface area contributed by atoms with Crippen molar-refractivity contribution in [2.75, 3.05) is 243 Å². The molecule has 7 fully saturated rings. The molecule has 0 unspecified atom stereocenters. The number of rotatable bonds is 18. The zero-order valence-electron chi connectivity index (χ0n) is 79.2. The number of aromatic nitrogens is 12. The number of methoxy groups -OCH3 is 1. The van der Waals surface area contributed by atoms with E-state index in [-0.39, 0.29) is 0 Å². The molecule has 0 radical (unpaired) electrons. The topological polar surface area (TPSA) is 301 Å². The highest BCUT2D eigenvalue weighted by Crippen LogP contribution is 2.45. The summed E-state index contributed by atoms with van der Waals surface area (Å²) < 4.78 is 63.9. The van der Waals surface area contributed by atoms with Gasteiger partial charge in [0.05, 0.1) is 119 Å². The number of morpholine rings is 6. The first-order chi connectivity index (χ1) is 69.1. The largest absolute Gasteiger partial charge is 0.432 e. The van der Waals surface area contributed by atoms with Gasteiger partial charge in [0.25, 0.3) is 0 Å². The molecule has 19 heterocycles. The van der Waals surface area contributed by atoms with Crippen molar-refractivity contribution in [2.45, 2.75) is 45.3 Å². The van der Waals surface area contributed by atoms with Gasteiger partial charge in [-0.05, 0) is 125 Å². The maximum atomic E-state index is 6.33. The van der Waals surface area contributed by atoms with Gasteiger partial charge in [0.2, 0.25) is 22.9 Å². The Balaban J connectivity index is 0.000000101. The molecule has 140 heavy (non-hydrogen) atoms. The highest BCUT2D eigenvalue weighted by atomic mass is 16.5. The minimum absolute atomic E-state index is 0.586. The van der Waals surface area contributed by atoms with Gasteiger partial charge in [-0.25, -0.2) is 59.8 Å². The second-order valence-electron chi connectivity index (χ2n) is 37.4. The molecule has 7 aliphatic heterocycles. The third kappa shape index (κ3) is 18.0. The van der Waals surface area contributed by atoms with Crippen LogP contribution in [0, 0.1) is 0 Å².